The summed E-state index contributed by atoms with van der Waals surface area (Å²) < 4.78 is 0. The molecule has 0 aromatic heterocycles. The predicted octanol–water partition coefficient (Wildman–Crippen LogP) is -0.293. The fourth-order valence-corrected chi connectivity index (χ4v) is 1.34. The van der Waals surface area contributed by atoms with Gasteiger partial charge in [0, 0.05) is 25.6 Å². The summed E-state index contributed by atoms with van der Waals surface area (Å²) in [6, 6.07) is 0.283. The molecule has 3 N–H and O–H groups in total. The quantitative estimate of drug-likeness (QED) is 0.421. The van der Waals surface area contributed by atoms with Gasteiger partial charge in [-0.15, -0.1) is 0 Å². The number of hydrogen-bond acceptors (Lipinski definition) is 3. The molecule has 0 bridgehead atoms. The van der Waals surface area contributed by atoms with Crippen molar-refractivity contribution in [3.05, 3.63) is 0 Å². The Hall–Kier alpha value is -0.610. The molecule has 1 unspecified atom stereocenters. The van der Waals surface area contributed by atoms with Gasteiger partial charge in [0.25, 0.3) is 0 Å². The van der Waals surface area contributed by atoms with Crippen molar-refractivity contribution < 1.29 is 4.79 Å². The molecule has 0 aliphatic carbocycles. The summed E-state index contributed by atoms with van der Waals surface area (Å²) in [6.07, 6.45) is 0.522. The third kappa shape index (κ3) is 2.19. The van der Waals surface area contributed by atoms with Crippen LogP contribution in [-0.2, 0) is 4.79 Å². The molecule has 0 aromatic rings. The number of nitrogens with one attached hydrogen (secondary N) is 1. The second kappa shape index (κ2) is 3.87. The Balaban J connectivity index is 2.54. The molecule has 70 valence electrons. The molecule has 1 heterocycles. The standard InChI is InChI=1S/C8H17N3O/c1-6(2)7-5-8(12)11(9)4-3-10-7/h6-7,10H,3-5,9H2,1-2H3. The SMILES string of the molecule is CC(C)C1CC(=O)N(N)CCN1. The van der Waals surface area contributed by atoms with Gasteiger partial charge in [-0.1, -0.05) is 13.8 Å². The van der Waals surface area contributed by atoms with Gasteiger partial charge in [0.05, 0.1) is 0 Å². The van der Waals surface area contributed by atoms with E-state index in [9.17, 15) is 4.79 Å². The van der Waals surface area contributed by atoms with Gasteiger partial charge >= 0.3 is 0 Å². The van der Waals surface area contributed by atoms with Crippen LogP contribution >= 0.6 is 0 Å². The average molecular weight is 171 g/mol. The van der Waals surface area contributed by atoms with Crippen LogP contribution < -0.4 is 11.2 Å². The van der Waals surface area contributed by atoms with Crippen LogP contribution in [0.25, 0.3) is 0 Å². The van der Waals surface area contributed by atoms with Crippen LogP contribution in [0, 0.1) is 5.92 Å². The first-order valence-corrected chi connectivity index (χ1v) is 4.39. The predicted molar refractivity (Wildman–Crippen MR) is 47.1 cm³/mol. The first-order chi connectivity index (χ1) is 5.61. The molecule has 1 fully saturated rings. The van der Waals surface area contributed by atoms with Crippen LogP contribution in [0.3, 0.4) is 0 Å². The van der Waals surface area contributed by atoms with E-state index in [-0.39, 0.29) is 11.9 Å². The van der Waals surface area contributed by atoms with E-state index < -0.39 is 0 Å². The van der Waals surface area contributed by atoms with Crippen LogP contribution in [0.15, 0.2) is 0 Å². The number of hydrogen-bond donors (Lipinski definition) is 2. The minimum atomic E-state index is 0.0405. The Labute approximate surface area is 73.1 Å². The van der Waals surface area contributed by atoms with Crippen molar-refractivity contribution in [2.45, 2.75) is 26.3 Å². The third-order valence-corrected chi connectivity index (χ3v) is 2.28. The van der Waals surface area contributed by atoms with Crippen molar-refractivity contribution in [2.75, 3.05) is 13.1 Å². The second-order valence-corrected chi connectivity index (χ2v) is 3.60. The van der Waals surface area contributed by atoms with Gasteiger partial charge in [0.2, 0.25) is 5.91 Å². The fourth-order valence-electron chi connectivity index (χ4n) is 1.34. The van der Waals surface area contributed by atoms with E-state index in [0.717, 1.165) is 6.54 Å². The van der Waals surface area contributed by atoms with Crippen molar-refractivity contribution in [3.8, 4) is 0 Å². The summed E-state index contributed by atoms with van der Waals surface area (Å²) in [4.78, 5) is 11.3. The Morgan fingerprint density at radius 3 is 2.92 bits per heavy atom. The number of rotatable bonds is 1. The lowest BCUT2D eigenvalue weighted by atomic mass is 10.0. The highest BCUT2D eigenvalue weighted by molar-refractivity contribution is 5.76. The van der Waals surface area contributed by atoms with Gasteiger partial charge in [0.1, 0.15) is 0 Å². The largest absolute Gasteiger partial charge is 0.311 e. The smallest absolute Gasteiger partial charge is 0.238 e. The number of hydrazine groups is 1. The summed E-state index contributed by atoms with van der Waals surface area (Å²) in [5.41, 5.74) is 0. The van der Waals surface area contributed by atoms with Gasteiger partial charge in [-0.25, -0.2) is 5.84 Å². The van der Waals surface area contributed by atoms with Crippen molar-refractivity contribution in [1.29, 1.82) is 0 Å². The highest BCUT2D eigenvalue weighted by Gasteiger charge is 2.22. The Morgan fingerprint density at radius 2 is 2.33 bits per heavy atom. The van der Waals surface area contributed by atoms with E-state index >= 15 is 0 Å². The highest BCUT2D eigenvalue weighted by Crippen LogP contribution is 2.09. The van der Waals surface area contributed by atoms with Gasteiger partial charge < -0.3 is 5.32 Å². The van der Waals surface area contributed by atoms with E-state index in [4.69, 9.17) is 5.84 Å². The summed E-state index contributed by atoms with van der Waals surface area (Å²) in [5.74, 6) is 6.01. The molecule has 1 saturated heterocycles. The number of nitrogens with zero attached hydrogens (tertiary/aromatic N) is 1. The van der Waals surface area contributed by atoms with Crippen molar-refractivity contribution in [2.24, 2.45) is 11.8 Å². The van der Waals surface area contributed by atoms with Crippen LogP contribution in [-0.4, -0.2) is 30.0 Å². The Morgan fingerprint density at radius 1 is 1.67 bits per heavy atom. The maximum absolute atomic E-state index is 11.3. The van der Waals surface area contributed by atoms with Crippen molar-refractivity contribution >= 4 is 5.91 Å². The molecule has 1 amide bonds. The van der Waals surface area contributed by atoms with Gasteiger partial charge in [-0.3, -0.25) is 9.80 Å². The van der Waals surface area contributed by atoms with Gasteiger partial charge in [-0.2, -0.15) is 0 Å². The van der Waals surface area contributed by atoms with Crippen LogP contribution in [0.4, 0.5) is 0 Å². The van der Waals surface area contributed by atoms with Crippen molar-refractivity contribution in [3.63, 3.8) is 0 Å². The van der Waals surface area contributed by atoms with Crippen LogP contribution in [0.5, 0.6) is 0 Å². The third-order valence-electron chi connectivity index (χ3n) is 2.28. The molecule has 1 aliphatic rings. The number of nitrogens with two attached hydrogens (primary N) is 1. The van der Waals surface area contributed by atoms with Crippen LogP contribution in [0.1, 0.15) is 20.3 Å². The first kappa shape index (κ1) is 9.48. The van der Waals surface area contributed by atoms with Gasteiger partial charge in [0.15, 0.2) is 0 Å². The minimum Gasteiger partial charge on any atom is -0.311 e. The van der Waals surface area contributed by atoms with E-state index in [2.05, 4.69) is 19.2 Å². The van der Waals surface area contributed by atoms with E-state index in [1.807, 2.05) is 0 Å². The fraction of sp³-hybridized carbons (Fsp3) is 0.875. The number of amides is 1. The summed E-state index contributed by atoms with van der Waals surface area (Å²) >= 11 is 0. The van der Waals surface area contributed by atoms with Crippen molar-refractivity contribution in [1.82, 2.24) is 10.3 Å². The normalized spacial score (nSPS) is 26.2. The van der Waals surface area contributed by atoms with E-state index in [1.165, 1.54) is 5.01 Å². The minimum absolute atomic E-state index is 0.0405. The van der Waals surface area contributed by atoms with E-state index in [0.29, 0.717) is 18.9 Å². The molecular weight excluding hydrogens is 154 g/mol. The maximum Gasteiger partial charge on any atom is 0.238 e. The molecule has 4 heteroatoms. The Bertz CT molecular complexity index is 170. The molecule has 4 nitrogen and oxygen atoms in total. The summed E-state index contributed by atoms with van der Waals surface area (Å²) in [7, 11) is 0. The van der Waals surface area contributed by atoms with Gasteiger partial charge in [-0.05, 0) is 5.92 Å². The molecular formula is C8H17N3O. The molecule has 1 atom stereocenters. The molecule has 12 heavy (non-hydrogen) atoms. The highest BCUT2D eigenvalue weighted by atomic mass is 16.2. The lowest BCUT2D eigenvalue weighted by Gasteiger charge is -2.18. The zero-order chi connectivity index (χ0) is 9.14. The number of carbonyl (C=O) groups excluding carboxylic acids is 1. The summed E-state index contributed by atoms with van der Waals surface area (Å²) in [5, 5.41) is 4.60. The lowest BCUT2D eigenvalue weighted by Crippen LogP contribution is -2.38. The molecule has 1 rings (SSSR count). The zero-order valence-corrected chi connectivity index (χ0v) is 7.71. The lowest BCUT2D eigenvalue weighted by molar-refractivity contribution is -0.131. The van der Waals surface area contributed by atoms with E-state index in [1.54, 1.807) is 0 Å². The molecule has 0 aromatic carbocycles. The van der Waals surface area contributed by atoms with Crippen LogP contribution in [0.2, 0.25) is 0 Å². The summed E-state index contributed by atoms with van der Waals surface area (Å²) in [6.45, 7) is 5.63. The topological polar surface area (TPSA) is 58.4 Å². The monoisotopic (exact) mass is 171 g/mol. The number of carbonyl (C=O) groups is 1. The zero-order valence-electron chi connectivity index (χ0n) is 7.71. The maximum atomic E-state index is 11.3. The average Bonchev–Trinajstić information content (AvgIpc) is 2.15. The Kier molecular flexibility index (Phi) is 3.05. The molecule has 0 radical (unpaired) electrons. The molecule has 0 spiro atoms. The second-order valence-electron chi connectivity index (χ2n) is 3.60. The first-order valence-electron chi connectivity index (χ1n) is 4.39. The molecule has 0 saturated carbocycles. The molecule has 1 aliphatic heterocycles.